The molecule has 0 aliphatic carbocycles. The Balaban J connectivity index is 1.94. The van der Waals surface area contributed by atoms with E-state index in [-0.39, 0.29) is 5.82 Å². The molecule has 2 aromatic rings. The summed E-state index contributed by atoms with van der Waals surface area (Å²) in [4.78, 5) is 4.22. The molecule has 0 fully saturated rings. The quantitative estimate of drug-likeness (QED) is 0.879. The lowest BCUT2D eigenvalue weighted by Gasteiger charge is -2.08. The monoisotopic (exact) mass is 233 g/mol. The van der Waals surface area contributed by atoms with Gasteiger partial charge in [0.15, 0.2) is 0 Å². The largest absolute Gasteiger partial charge is 0.382 e. The van der Waals surface area contributed by atoms with Crippen LogP contribution in [-0.2, 0) is 13.5 Å². The zero-order valence-corrected chi connectivity index (χ0v) is 10.1. The third kappa shape index (κ3) is 2.84. The van der Waals surface area contributed by atoms with Crippen LogP contribution in [0.4, 0.5) is 10.1 Å². The first kappa shape index (κ1) is 11.6. The summed E-state index contributed by atoms with van der Waals surface area (Å²) < 4.78 is 15.4. The molecule has 0 spiro atoms. The van der Waals surface area contributed by atoms with E-state index < -0.39 is 0 Å². The highest BCUT2D eigenvalue weighted by molar-refractivity contribution is 5.47. The molecule has 0 amide bonds. The summed E-state index contributed by atoms with van der Waals surface area (Å²) in [5.74, 6) is 0.779. The summed E-state index contributed by atoms with van der Waals surface area (Å²) in [6, 6.07) is 5.06. The molecule has 0 atom stereocenters. The number of nitrogens with zero attached hydrogens (tertiary/aromatic N) is 2. The normalized spacial score (nSPS) is 10.5. The molecule has 2 rings (SSSR count). The minimum atomic E-state index is -0.213. The number of anilines is 1. The molecule has 0 aliphatic rings. The van der Waals surface area contributed by atoms with Gasteiger partial charge in [-0.15, -0.1) is 0 Å². The van der Waals surface area contributed by atoms with Crippen molar-refractivity contribution in [3.05, 3.63) is 47.8 Å². The molecule has 1 N–H and O–H groups in total. The highest BCUT2D eigenvalue weighted by Gasteiger charge is 2.02. The fourth-order valence-electron chi connectivity index (χ4n) is 1.72. The SMILES string of the molecule is Cc1ccc(F)c(NCCc2nccn2C)c1. The predicted octanol–water partition coefficient (Wildman–Crippen LogP) is 2.52. The van der Waals surface area contributed by atoms with Gasteiger partial charge < -0.3 is 9.88 Å². The van der Waals surface area contributed by atoms with Crippen LogP contribution < -0.4 is 5.32 Å². The van der Waals surface area contributed by atoms with Gasteiger partial charge in [-0.2, -0.15) is 0 Å². The van der Waals surface area contributed by atoms with Gasteiger partial charge in [-0.05, 0) is 24.6 Å². The number of benzene rings is 1. The van der Waals surface area contributed by atoms with Crippen molar-refractivity contribution in [2.24, 2.45) is 7.05 Å². The van der Waals surface area contributed by atoms with Crippen LogP contribution in [0.5, 0.6) is 0 Å². The first-order chi connectivity index (χ1) is 8.16. The Hall–Kier alpha value is -1.84. The van der Waals surface area contributed by atoms with E-state index in [2.05, 4.69) is 10.3 Å². The van der Waals surface area contributed by atoms with Crippen LogP contribution in [0.1, 0.15) is 11.4 Å². The van der Waals surface area contributed by atoms with Crippen LogP contribution in [-0.4, -0.2) is 16.1 Å². The molecule has 0 radical (unpaired) electrons. The fourth-order valence-corrected chi connectivity index (χ4v) is 1.72. The van der Waals surface area contributed by atoms with Gasteiger partial charge in [0, 0.05) is 32.4 Å². The van der Waals surface area contributed by atoms with Crippen LogP contribution in [0, 0.1) is 12.7 Å². The highest BCUT2D eigenvalue weighted by atomic mass is 19.1. The third-order valence-corrected chi connectivity index (χ3v) is 2.71. The topological polar surface area (TPSA) is 29.9 Å². The molecule has 0 aliphatic heterocycles. The Kier molecular flexibility index (Phi) is 3.42. The lowest BCUT2D eigenvalue weighted by molar-refractivity contribution is 0.629. The van der Waals surface area contributed by atoms with Gasteiger partial charge >= 0.3 is 0 Å². The van der Waals surface area contributed by atoms with E-state index in [1.54, 1.807) is 12.3 Å². The van der Waals surface area contributed by atoms with E-state index in [4.69, 9.17) is 0 Å². The maximum atomic E-state index is 13.4. The number of rotatable bonds is 4. The number of imidazole rings is 1. The minimum absolute atomic E-state index is 0.213. The zero-order valence-electron chi connectivity index (χ0n) is 10.1. The zero-order chi connectivity index (χ0) is 12.3. The summed E-state index contributed by atoms with van der Waals surface area (Å²) in [6.07, 6.45) is 4.45. The van der Waals surface area contributed by atoms with Crippen molar-refractivity contribution >= 4 is 5.69 Å². The average molecular weight is 233 g/mol. The van der Waals surface area contributed by atoms with Crippen LogP contribution in [0.15, 0.2) is 30.6 Å². The summed E-state index contributed by atoms with van der Waals surface area (Å²) in [6.45, 7) is 2.62. The number of hydrogen-bond acceptors (Lipinski definition) is 2. The van der Waals surface area contributed by atoms with Gasteiger partial charge in [0.05, 0.1) is 5.69 Å². The molecule has 90 valence electrons. The summed E-state index contributed by atoms with van der Waals surface area (Å²) in [5, 5.41) is 3.09. The molecule has 4 heteroatoms. The Labute approximate surface area is 100 Å². The van der Waals surface area contributed by atoms with Crippen molar-refractivity contribution in [2.75, 3.05) is 11.9 Å². The average Bonchev–Trinajstić information content (AvgIpc) is 2.70. The molecule has 0 bridgehead atoms. The van der Waals surface area contributed by atoms with Crippen molar-refractivity contribution in [3.8, 4) is 0 Å². The van der Waals surface area contributed by atoms with Crippen LogP contribution >= 0.6 is 0 Å². The van der Waals surface area contributed by atoms with Gasteiger partial charge in [-0.25, -0.2) is 9.37 Å². The number of hydrogen-bond donors (Lipinski definition) is 1. The van der Waals surface area contributed by atoms with Crippen LogP contribution in [0.25, 0.3) is 0 Å². The van der Waals surface area contributed by atoms with Crippen LogP contribution in [0.3, 0.4) is 0 Å². The number of aryl methyl sites for hydroxylation is 2. The molecule has 1 aromatic carbocycles. The van der Waals surface area contributed by atoms with Gasteiger partial charge in [0.2, 0.25) is 0 Å². The maximum absolute atomic E-state index is 13.4. The van der Waals surface area contributed by atoms with E-state index in [1.807, 2.05) is 30.8 Å². The first-order valence-electron chi connectivity index (χ1n) is 5.63. The molecule has 0 saturated carbocycles. The fraction of sp³-hybridized carbons (Fsp3) is 0.308. The molecular weight excluding hydrogens is 217 g/mol. The van der Waals surface area contributed by atoms with E-state index in [9.17, 15) is 4.39 Å². The van der Waals surface area contributed by atoms with Crippen molar-refractivity contribution in [3.63, 3.8) is 0 Å². The van der Waals surface area contributed by atoms with Crippen molar-refractivity contribution in [1.29, 1.82) is 0 Å². The number of halogens is 1. The number of nitrogens with one attached hydrogen (secondary N) is 1. The van der Waals surface area contributed by atoms with Crippen molar-refractivity contribution < 1.29 is 4.39 Å². The first-order valence-corrected chi connectivity index (χ1v) is 5.63. The lowest BCUT2D eigenvalue weighted by atomic mass is 10.2. The smallest absolute Gasteiger partial charge is 0.146 e. The molecule has 0 unspecified atom stereocenters. The molecular formula is C13H16FN3. The van der Waals surface area contributed by atoms with E-state index in [0.717, 1.165) is 17.8 Å². The molecule has 1 aromatic heterocycles. The summed E-state index contributed by atoms with van der Waals surface area (Å²) in [7, 11) is 1.95. The summed E-state index contributed by atoms with van der Waals surface area (Å²) in [5.41, 5.74) is 1.60. The molecule has 1 heterocycles. The third-order valence-electron chi connectivity index (χ3n) is 2.71. The highest BCUT2D eigenvalue weighted by Crippen LogP contribution is 2.15. The van der Waals surface area contributed by atoms with E-state index in [1.165, 1.54) is 6.07 Å². The second kappa shape index (κ2) is 4.99. The maximum Gasteiger partial charge on any atom is 0.146 e. The van der Waals surface area contributed by atoms with Crippen molar-refractivity contribution in [1.82, 2.24) is 9.55 Å². The van der Waals surface area contributed by atoms with E-state index in [0.29, 0.717) is 12.2 Å². The molecule has 17 heavy (non-hydrogen) atoms. The Bertz CT molecular complexity index is 505. The standard InChI is InChI=1S/C13H16FN3/c1-10-3-4-11(14)12(9-10)15-6-5-13-16-7-8-17(13)2/h3-4,7-9,15H,5-6H2,1-2H3. The Morgan fingerprint density at radius 1 is 1.41 bits per heavy atom. The van der Waals surface area contributed by atoms with Gasteiger partial charge in [0.1, 0.15) is 11.6 Å². The van der Waals surface area contributed by atoms with Gasteiger partial charge in [-0.3, -0.25) is 0 Å². The summed E-state index contributed by atoms with van der Waals surface area (Å²) >= 11 is 0. The molecule has 0 saturated heterocycles. The van der Waals surface area contributed by atoms with E-state index >= 15 is 0 Å². The Morgan fingerprint density at radius 3 is 2.94 bits per heavy atom. The van der Waals surface area contributed by atoms with Crippen molar-refractivity contribution in [2.45, 2.75) is 13.3 Å². The second-order valence-electron chi connectivity index (χ2n) is 4.11. The Morgan fingerprint density at radius 2 is 2.24 bits per heavy atom. The number of aromatic nitrogens is 2. The second-order valence-corrected chi connectivity index (χ2v) is 4.11. The lowest BCUT2D eigenvalue weighted by Crippen LogP contribution is -2.09. The molecule has 3 nitrogen and oxygen atoms in total. The van der Waals surface area contributed by atoms with Gasteiger partial charge in [-0.1, -0.05) is 6.07 Å². The minimum Gasteiger partial charge on any atom is -0.382 e. The van der Waals surface area contributed by atoms with Crippen LogP contribution in [0.2, 0.25) is 0 Å². The predicted molar refractivity (Wildman–Crippen MR) is 66.5 cm³/mol. The van der Waals surface area contributed by atoms with Gasteiger partial charge in [0.25, 0.3) is 0 Å².